The molecule has 0 aromatic heterocycles. The lowest BCUT2D eigenvalue weighted by molar-refractivity contribution is 0.279. The van der Waals surface area contributed by atoms with Gasteiger partial charge in [0.25, 0.3) is 20.2 Å². The zero-order valence-corrected chi connectivity index (χ0v) is 11.2. The Balaban J connectivity index is 2.25. The first kappa shape index (κ1) is 13.5. The van der Waals surface area contributed by atoms with E-state index in [4.69, 9.17) is 4.18 Å². The summed E-state index contributed by atoms with van der Waals surface area (Å²) in [6.07, 6.45) is 0.00737. The quantitative estimate of drug-likeness (QED) is 0.765. The van der Waals surface area contributed by atoms with Crippen LogP contribution in [0.5, 0.6) is 0 Å². The zero-order valence-electron chi connectivity index (χ0n) is 9.57. The number of hydrogen-bond acceptors (Lipinski definition) is 6. The van der Waals surface area contributed by atoms with Crippen LogP contribution >= 0.6 is 0 Å². The fraction of sp³-hybridized carbons (Fsp3) is 0.400. The smallest absolute Gasteiger partial charge is 0.268 e. The van der Waals surface area contributed by atoms with Gasteiger partial charge in [0.2, 0.25) is 5.44 Å². The molecule has 0 amide bonds. The van der Waals surface area contributed by atoms with Crippen LogP contribution in [0.1, 0.15) is 12.0 Å². The topological polar surface area (TPSA) is 86.7 Å². The first-order valence-electron chi connectivity index (χ1n) is 5.19. The predicted molar refractivity (Wildman–Crippen MR) is 62.7 cm³/mol. The lowest BCUT2D eigenvalue weighted by atomic mass is 10.2. The minimum absolute atomic E-state index is 0.00737. The van der Waals surface area contributed by atoms with Gasteiger partial charge in [-0.2, -0.15) is 16.8 Å². The van der Waals surface area contributed by atoms with Crippen LogP contribution in [0.2, 0.25) is 0 Å². The van der Waals surface area contributed by atoms with Gasteiger partial charge >= 0.3 is 0 Å². The summed E-state index contributed by atoms with van der Waals surface area (Å²) >= 11 is 0. The highest BCUT2D eigenvalue weighted by molar-refractivity contribution is 7.90. The number of rotatable bonds is 3. The Morgan fingerprint density at radius 1 is 1.28 bits per heavy atom. The Morgan fingerprint density at radius 2 is 1.89 bits per heavy atom. The Hall–Kier alpha value is -0.960. The molecule has 1 aliphatic heterocycles. The highest BCUT2D eigenvalue weighted by Gasteiger charge is 2.38. The van der Waals surface area contributed by atoms with Crippen LogP contribution in [0.4, 0.5) is 0 Å². The van der Waals surface area contributed by atoms with E-state index in [2.05, 4.69) is 4.18 Å². The van der Waals surface area contributed by atoms with E-state index < -0.39 is 25.7 Å². The van der Waals surface area contributed by atoms with E-state index >= 15 is 0 Å². The molecule has 1 aliphatic rings. The Morgan fingerprint density at radius 3 is 2.39 bits per heavy atom. The van der Waals surface area contributed by atoms with Crippen molar-refractivity contribution in [2.24, 2.45) is 0 Å². The van der Waals surface area contributed by atoms with E-state index in [1.165, 1.54) is 12.1 Å². The van der Waals surface area contributed by atoms with Crippen molar-refractivity contribution in [2.75, 3.05) is 6.61 Å². The van der Waals surface area contributed by atoms with Crippen LogP contribution in [0.25, 0.3) is 0 Å². The molecule has 1 saturated heterocycles. The maximum Gasteiger partial charge on any atom is 0.298 e. The molecule has 1 atom stereocenters. The van der Waals surface area contributed by atoms with Crippen molar-refractivity contribution in [1.29, 1.82) is 0 Å². The monoisotopic (exact) mass is 292 g/mol. The standard InChI is InChI=1S/C10H12O6S2/c1-8-2-4-9(5-3-8)17(11,12)16-10-6-7-15-18(10,13)14/h2-5,10H,6-7H2,1H3. The first-order chi connectivity index (χ1) is 8.31. The highest BCUT2D eigenvalue weighted by Crippen LogP contribution is 2.24. The lowest BCUT2D eigenvalue weighted by Gasteiger charge is -2.09. The van der Waals surface area contributed by atoms with Crippen LogP contribution in [-0.2, 0) is 28.6 Å². The Bertz CT molecular complexity index is 629. The third-order valence-corrected chi connectivity index (χ3v) is 5.39. The molecule has 8 heteroatoms. The van der Waals surface area contributed by atoms with Crippen molar-refractivity contribution in [3.8, 4) is 0 Å². The van der Waals surface area contributed by atoms with Crippen LogP contribution in [-0.4, -0.2) is 28.9 Å². The fourth-order valence-corrected chi connectivity index (χ4v) is 4.00. The van der Waals surface area contributed by atoms with Crippen LogP contribution < -0.4 is 0 Å². The predicted octanol–water partition coefficient (Wildman–Crippen LogP) is 0.777. The second-order valence-corrected chi connectivity index (χ2v) is 7.22. The van der Waals surface area contributed by atoms with Gasteiger partial charge in [-0.25, -0.2) is 4.18 Å². The van der Waals surface area contributed by atoms with Gasteiger partial charge in [0, 0.05) is 6.42 Å². The van der Waals surface area contributed by atoms with Gasteiger partial charge in [0.05, 0.1) is 11.5 Å². The van der Waals surface area contributed by atoms with Crippen molar-refractivity contribution in [3.05, 3.63) is 29.8 Å². The van der Waals surface area contributed by atoms with Crippen molar-refractivity contribution < 1.29 is 25.2 Å². The maximum absolute atomic E-state index is 11.8. The molecule has 6 nitrogen and oxygen atoms in total. The Kier molecular flexibility index (Phi) is 3.45. The third kappa shape index (κ3) is 2.72. The molecule has 0 spiro atoms. The molecule has 1 unspecified atom stereocenters. The van der Waals surface area contributed by atoms with E-state index in [0.717, 1.165) is 5.56 Å². The number of aryl methyl sites for hydroxylation is 1. The highest BCUT2D eigenvalue weighted by atomic mass is 32.2. The van der Waals surface area contributed by atoms with Crippen molar-refractivity contribution in [2.45, 2.75) is 23.7 Å². The molecule has 0 radical (unpaired) electrons. The molecule has 0 saturated carbocycles. The summed E-state index contributed by atoms with van der Waals surface area (Å²) in [5, 5.41) is 0. The molecule has 1 heterocycles. The average molecular weight is 292 g/mol. The molecule has 0 aliphatic carbocycles. The molecule has 1 aromatic rings. The molecule has 1 fully saturated rings. The second-order valence-electron chi connectivity index (χ2n) is 3.90. The summed E-state index contributed by atoms with van der Waals surface area (Å²) in [7, 11) is -8.03. The lowest BCUT2D eigenvalue weighted by Crippen LogP contribution is -2.23. The fourth-order valence-electron chi connectivity index (χ4n) is 1.48. The van der Waals surface area contributed by atoms with Gasteiger partial charge in [-0.1, -0.05) is 17.7 Å². The summed E-state index contributed by atoms with van der Waals surface area (Å²) in [5.41, 5.74) is -0.561. The van der Waals surface area contributed by atoms with Crippen molar-refractivity contribution in [1.82, 2.24) is 0 Å². The van der Waals surface area contributed by atoms with E-state index in [0.29, 0.717) is 0 Å². The van der Waals surface area contributed by atoms with Gasteiger partial charge in [0.1, 0.15) is 0 Å². The zero-order chi connectivity index (χ0) is 13.4. The first-order valence-corrected chi connectivity index (χ1v) is 8.07. The summed E-state index contributed by atoms with van der Waals surface area (Å²) in [5.74, 6) is 0. The van der Waals surface area contributed by atoms with Gasteiger partial charge in [-0.15, -0.1) is 0 Å². The summed E-state index contributed by atoms with van der Waals surface area (Å²) in [6.45, 7) is 1.75. The van der Waals surface area contributed by atoms with Gasteiger partial charge in [0.15, 0.2) is 0 Å². The van der Waals surface area contributed by atoms with Crippen molar-refractivity contribution >= 4 is 20.2 Å². The van der Waals surface area contributed by atoms with Gasteiger partial charge in [-0.3, -0.25) is 4.18 Å². The minimum atomic E-state index is -4.09. The van der Waals surface area contributed by atoms with E-state index in [9.17, 15) is 16.8 Å². The van der Waals surface area contributed by atoms with E-state index in [1.54, 1.807) is 12.1 Å². The SMILES string of the molecule is Cc1ccc(S(=O)(=O)OC2CCOS2(=O)=O)cc1. The van der Waals surface area contributed by atoms with Gasteiger partial charge < -0.3 is 0 Å². The molecule has 0 bridgehead atoms. The molecule has 0 N–H and O–H groups in total. The van der Waals surface area contributed by atoms with Crippen molar-refractivity contribution in [3.63, 3.8) is 0 Å². The minimum Gasteiger partial charge on any atom is -0.268 e. The number of benzene rings is 1. The molecule has 1 aromatic carbocycles. The second kappa shape index (κ2) is 4.61. The molecule has 2 rings (SSSR count). The molecule has 100 valence electrons. The average Bonchev–Trinajstić information content (AvgIpc) is 2.58. The van der Waals surface area contributed by atoms with E-state index in [1.807, 2.05) is 6.92 Å². The third-order valence-electron chi connectivity index (χ3n) is 2.47. The molecular formula is C10H12O6S2. The van der Waals surface area contributed by atoms with Crippen LogP contribution in [0.15, 0.2) is 29.2 Å². The van der Waals surface area contributed by atoms with E-state index in [-0.39, 0.29) is 17.9 Å². The summed E-state index contributed by atoms with van der Waals surface area (Å²) < 4.78 is 55.5. The Labute approximate surface area is 106 Å². The summed E-state index contributed by atoms with van der Waals surface area (Å²) in [6, 6.07) is 5.95. The molecule has 18 heavy (non-hydrogen) atoms. The number of hydrogen-bond donors (Lipinski definition) is 0. The largest absolute Gasteiger partial charge is 0.298 e. The van der Waals surface area contributed by atoms with Gasteiger partial charge in [-0.05, 0) is 19.1 Å². The van der Waals surface area contributed by atoms with Crippen LogP contribution in [0, 0.1) is 6.92 Å². The summed E-state index contributed by atoms with van der Waals surface area (Å²) in [4.78, 5) is -0.0739. The molecular weight excluding hydrogens is 280 g/mol. The maximum atomic E-state index is 11.8. The normalized spacial score (nSPS) is 23.1. The van der Waals surface area contributed by atoms with Crippen LogP contribution in [0.3, 0.4) is 0 Å².